The predicted molar refractivity (Wildman–Crippen MR) is 97.4 cm³/mol. The zero-order valence-corrected chi connectivity index (χ0v) is 14.5. The van der Waals surface area contributed by atoms with Crippen molar-refractivity contribution in [2.75, 3.05) is 19.0 Å². The van der Waals surface area contributed by atoms with Crippen LogP contribution in [0.15, 0.2) is 53.1 Å². The van der Waals surface area contributed by atoms with Gasteiger partial charge < -0.3 is 14.5 Å². The van der Waals surface area contributed by atoms with Crippen molar-refractivity contribution in [2.45, 2.75) is 13.8 Å². The van der Waals surface area contributed by atoms with Crippen molar-refractivity contribution in [3.63, 3.8) is 0 Å². The van der Waals surface area contributed by atoms with Crippen molar-refractivity contribution in [1.29, 1.82) is 0 Å². The maximum Gasteiger partial charge on any atom is 0.250 e. The molecule has 0 spiro atoms. The third-order valence-corrected chi connectivity index (χ3v) is 3.85. The minimum Gasteiger partial charge on any atom is -0.444 e. The standard InChI is InChI=1S/C20H20N2O3/c1-13-4-9-17(14(2)10-13)18-11-25-20(22-18)15-5-7-16(8-6-15)21-19(23)12-24-3/h4-11H,12H2,1-3H3,(H,21,23). The molecule has 1 aromatic heterocycles. The highest BCUT2D eigenvalue weighted by Crippen LogP contribution is 2.28. The van der Waals surface area contributed by atoms with Crippen LogP contribution in [0, 0.1) is 13.8 Å². The fourth-order valence-electron chi connectivity index (χ4n) is 2.66. The Morgan fingerprint density at radius 3 is 2.60 bits per heavy atom. The number of anilines is 1. The lowest BCUT2D eigenvalue weighted by Crippen LogP contribution is -2.16. The Morgan fingerprint density at radius 2 is 1.92 bits per heavy atom. The topological polar surface area (TPSA) is 64.4 Å². The average Bonchev–Trinajstić information content (AvgIpc) is 3.05. The summed E-state index contributed by atoms with van der Waals surface area (Å²) in [4.78, 5) is 16.1. The van der Waals surface area contributed by atoms with E-state index in [0.29, 0.717) is 11.6 Å². The number of hydrogen-bond acceptors (Lipinski definition) is 4. The highest BCUT2D eigenvalue weighted by molar-refractivity contribution is 5.91. The molecule has 0 aliphatic heterocycles. The molecule has 5 heteroatoms. The van der Waals surface area contributed by atoms with E-state index in [1.807, 2.05) is 24.3 Å². The van der Waals surface area contributed by atoms with Crippen molar-refractivity contribution in [1.82, 2.24) is 4.98 Å². The van der Waals surface area contributed by atoms with Crippen molar-refractivity contribution in [3.05, 3.63) is 59.9 Å². The molecule has 3 aromatic rings. The number of carbonyl (C=O) groups is 1. The Labute approximate surface area is 146 Å². The number of oxazole rings is 1. The molecule has 0 bridgehead atoms. The van der Waals surface area contributed by atoms with Gasteiger partial charge in [-0.2, -0.15) is 0 Å². The monoisotopic (exact) mass is 336 g/mol. The molecule has 0 radical (unpaired) electrons. The second-order valence-corrected chi connectivity index (χ2v) is 5.91. The van der Waals surface area contributed by atoms with Crippen LogP contribution >= 0.6 is 0 Å². The van der Waals surface area contributed by atoms with Gasteiger partial charge in [0.2, 0.25) is 11.8 Å². The van der Waals surface area contributed by atoms with Gasteiger partial charge in [-0.3, -0.25) is 4.79 Å². The molecule has 25 heavy (non-hydrogen) atoms. The molecule has 0 aliphatic carbocycles. The molecular formula is C20H20N2O3. The predicted octanol–water partition coefficient (Wildman–Crippen LogP) is 4.21. The minimum atomic E-state index is -0.191. The number of aryl methyl sites for hydroxylation is 2. The largest absolute Gasteiger partial charge is 0.444 e. The van der Waals surface area contributed by atoms with Crippen LogP contribution in [0.5, 0.6) is 0 Å². The van der Waals surface area contributed by atoms with E-state index in [0.717, 1.165) is 22.4 Å². The van der Waals surface area contributed by atoms with Crippen LogP contribution in [0.1, 0.15) is 11.1 Å². The molecular weight excluding hydrogens is 316 g/mol. The number of carbonyl (C=O) groups excluding carboxylic acids is 1. The Hall–Kier alpha value is -2.92. The van der Waals surface area contributed by atoms with Crippen molar-refractivity contribution >= 4 is 11.6 Å². The molecule has 0 saturated carbocycles. The fraction of sp³-hybridized carbons (Fsp3) is 0.200. The van der Waals surface area contributed by atoms with E-state index in [2.05, 4.69) is 42.3 Å². The Morgan fingerprint density at radius 1 is 1.16 bits per heavy atom. The summed E-state index contributed by atoms with van der Waals surface area (Å²) >= 11 is 0. The van der Waals surface area contributed by atoms with Gasteiger partial charge in [-0.25, -0.2) is 4.98 Å². The van der Waals surface area contributed by atoms with Crippen LogP contribution in [0.25, 0.3) is 22.7 Å². The van der Waals surface area contributed by atoms with Crippen LogP contribution in [-0.2, 0) is 9.53 Å². The molecule has 2 aromatic carbocycles. The van der Waals surface area contributed by atoms with Gasteiger partial charge in [0.25, 0.3) is 0 Å². The van der Waals surface area contributed by atoms with Crippen molar-refractivity contribution < 1.29 is 13.9 Å². The molecule has 3 rings (SSSR count). The molecule has 128 valence electrons. The fourth-order valence-corrected chi connectivity index (χ4v) is 2.66. The number of aromatic nitrogens is 1. The number of ether oxygens (including phenoxy) is 1. The summed E-state index contributed by atoms with van der Waals surface area (Å²) in [5.41, 5.74) is 5.80. The molecule has 1 heterocycles. The van der Waals surface area contributed by atoms with Gasteiger partial charge in [-0.1, -0.05) is 23.8 Å². The highest BCUT2D eigenvalue weighted by atomic mass is 16.5. The van der Waals surface area contributed by atoms with E-state index >= 15 is 0 Å². The first-order valence-electron chi connectivity index (χ1n) is 7.99. The van der Waals surface area contributed by atoms with Crippen LogP contribution < -0.4 is 5.32 Å². The van der Waals surface area contributed by atoms with Gasteiger partial charge in [0.1, 0.15) is 18.6 Å². The van der Waals surface area contributed by atoms with Gasteiger partial charge in [0.15, 0.2) is 0 Å². The third-order valence-electron chi connectivity index (χ3n) is 3.85. The number of nitrogens with one attached hydrogen (secondary N) is 1. The summed E-state index contributed by atoms with van der Waals surface area (Å²) < 4.78 is 10.4. The SMILES string of the molecule is COCC(=O)Nc1ccc(-c2nc(-c3ccc(C)cc3C)co2)cc1. The lowest BCUT2D eigenvalue weighted by molar-refractivity contribution is -0.119. The molecule has 0 atom stereocenters. The number of benzene rings is 2. The quantitative estimate of drug-likeness (QED) is 0.758. The maximum absolute atomic E-state index is 11.5. The summed E-state index contributed by atoms with van der Waals surface area (Å²) in [6.45, 7) is 4.16. The smallest absolute Gasteiger partial charge is 0.250 e. The first kappa shape index (κ1) is 16.9. The molecule has 0 unspecified atom stereocenters. The minimum absolute atomic E-state index is 0.0285. The maximum atomic E-state index is 11.5. The second kappa shape index (κ2) is 7.32. The first-order valence-corrected chi connectivity index (χ1v) is 7.99. The second-order valence-electron chi connectivity index (χ2n) is 5.91. The van der Waals surface area contributed by atoms with E-state index in [-0.39, 0.29) is 12.5 Å². The molecule has 0 saturated heterocycles. The zero-order valence-electron chi connectivity index (χ0n) is 14.5. The van der Waals surface area contributed by atoms with Crippen LogP contribution in [0.4, 0.5) is 5.69 Å². The summed E-state index contributed by atoms with van der Waals surface area (Å²) in [7, 11) is 1.48. The number of rotatable bonds is 5. The molecule has 1 N–H and O–H groups in total. The number of amides is 1. The zero-order chi connectivity index (χ0) is 17.8. The van der Waals surface area contributed by atoms with Gasteiger partial charge in [-0.15, -0.1) is 0 Å². The van der Waals surface area contributed by atoms with Gasteiger partial charge in [-0.05, 0) is 43.7 Å². The van der Waals surface area contributed by atoms with Crippen LogP contribution in [0.3, 0.4) is 0 Å². The van der Waals surface area contributed by atoms with Crippen molar-refractivity contribution in [3.8, 4) is 22.7 Å². The van der Waals surface area contributed by atoms with E-state index in [4.69, 9.17) is 9.15 Å². The highest BCUT2D eigenvalue weighted by Gasteiger charge is 2.11. The lowest BCUT2D eigenvalue weighted by atomic mass is 10.0. The van der Waals surface area contributed by atoms with Gasteiger partial charge >= 0.3 is 0 Å². The molecule has 0 aliphatic rings. The van der Waals surface area contributed by atoms with E-state index < -0.39 is 0 Å². The van der Waals surface area contributed by atoms with E-state index in [1.54, 1.807) is 6.26 Å². The Kier molecular flexibility index (Phi) is 4.95. The summed E-state index contributed by atoms with van der Waals surface area (Å²) in [6.07, 6.45) is 1.67. The van der Waals surface area contributed by atoms with Crippen LogP contribution in [-0.4, -0.2) is 24.6 Å². The average molecular weight is 336 g/mol. The Balaban J connectivity index is 1.79. The van der Waals surface area contributed by atoms with Gasteiger partial charge in [0.05, 0.1) is 0 Å². The normalized spacial score (nSPS) is 10.7. The summed E-state index contributed by atoms with van der Waals surface area (Å²) in [5, 5.41) is 2.75. The molecule has 0 fully saturated rings. The van der Waals surface area contributed by atoms with Gasteiger partial charge in [0, 0.05) is 23.9 Å². The number of methoxy groups -OCH3 is 1. The Bertz CT molecular complexity index is 882. The van der Waals surface area contributed by atoms with E-state index in [1.165, 1.54) is 12.7 Å². The van der Waals surface area contributed by atoms with Crippen molar-refractivity contribution in [2.24, 2.45) is 0 Å². The van der Waals surface area contributed by atoms with Crippen LogP contribution in [0.2, 0.25) is 0 Å². The number of hydrogen-bond donors (Lipinski definition) is 1. The summed E-state index contributed by atoms with van der Waals surface area (Å²) in [6, 6.07) is 13.6. The number of nitrogens with zero attached hydrogens (tertiary/aromatic N) is 1. The van der Waals surface area contributed by atoms with E-state index in [9.17, 15) is 4.79 Å². The molecule has 5 nitrogen and oxygen atoms in total. The first-order chi connectivity index (χ1) is 12.1. The summed E-state index contributed by atoms with van der Waals surface area (Å²) in [5.74, 6) is 0.355. The third kappa shape index (κ3) is 3.95. The lowest BCUT2D eigenvalue weighted by Gasteiger charge is -2.04. The molecule has 1 amide bonds.